The summed E-state index contributed by atoms with van der Waals surface area (Å²) in [4.78, 5) is 27.6. The molecule has 166 valence electrons. The zero-order valence-corrected chi connectivity index (χ0v) is 17.9. The normalized spacial score (nSPS) is 22.9. The lowest BCUT2D eigenvalue weighted by atomic mass is 10.1. The van der Waals surface area contributed by atoms with Crippen molar-refractivity contribution < 1.29 is 18.7 Å². The van der Waals surface area contributed by atoms with Gasteiger partial charge in [-0.15, -0.1) is 0 Å². The third-order valence-corrected chi connectivity index (χ3v) is 5.90. The molecule has 0 saturated carbocycles. The second-order valence-corrected chi connectivity index (χ2v) is 8.52. The fourth-order valence-corrected chi connectivity index (χ4v) is 4.14. The smallest absolute Gasteiger partial charge is 0.220 e. The molecule has 3 rings (SSSR count). The fourth-order valence-electron chi connectivity index (χ4n) is 4.14. The number of ether oxygens (including phenoxy) is 1. The highest BCUT2D eigenvalue weighted by atomic mass is 19.1. The summed E-state index contributed by atoms with van der Waals surface area (Å²) in [7, 11) is 0. The number of Topliss-reactive ketones (excluding diaryl/α,β-unsaturated/α-hetero) is 1. The quantitative estimate of drug-likeness (QED) is 0.631. The summed E-state index contributed by atoms with van der Waals surface area (Å²) in [5.74, 6) is -0.0624. The Kier molecular flexibility index (Phi) is 8.78. The number of hydrogen-bond donors (Lipinski definition) is 1. The molecular formula is C23H34FN3O3. The number of carbonyl (C=O) groups excluding carboxylic acids is 2. The van der Waals surface area contributed by atoms with E-state index in [1.807, 2.05) is 12.1 Å². The van der Waals surface area contributed by atoms with Crippen LogP contribution in [0.3, 0.4) is 0 Å². The molecule has 1 aromatic carbocycles. The average Bonchev–Trinajstić information content (AvgIpc) is 3.17. The van der Waals surface area contributed by atoms with E-state index in [0.717, 1.165) is 57.7 Å². The van der Waals surface area contributed by atoms with Crippen LogP contribution in [0.15, 0.2) is 24.3 Å². The molecule has 30 heavy (non-hydrogen) atoms. The summed E-state index contributed by atoms with van der Waals surface area (Å²) >= 11 is 0. The van der Waals surface area contributed by atoms with Crippen molar-refractivity contribution in [1.29, 1.82) is 0 Å². The lowest BCUT2D eigenvalue weighted by Gasteiger charge is -2.35. The van der Waals surface area contributed by atoms with E-state index in [2.05, 4.69) is 15.1 Å². The van der Waals surface area contributed by atoms with E-state index in [0.29, 0.717) is 25.8 Å². The van der Waals surface area contributed by atoms with Crippen LogP contribution >= 0.6 is 0 Å². The number of carbonyl (C=O) groups is 2. The average molecular weight is 420 g/mol. The molecule has 2 aliphatic rings. The monoisotopic (exact) mass is 419 g/mol. The highest BCUT2D eigenvalue weighted by Gasteiger charge is 2.28. The van der Waals surface area contributed by atoms with Gasteiger partial charge in [-0.25, -0.2) is 4.39 Å². The molecule has 2 heterocycles. The van der Waals surface area contributed by atoms with Gasteiger partial charge in [0.15, 0.2) is 0 Å². The zero-order valence-electron chi connectivity index (χ0n) is 17.9. The molecule has 0 aromatic heterocycles. The number of ketones is 1. The number of nitrogens with zero attached hydrogens (tertiary/aromatic N) is 2. The molecule has 2 atom stereocenters. The molecule has 6 nitrogen and oxygen atoms in total. The van der Waals surface area contributed by atoms with Crippen LogP contribution in [-0.4, -0.2) is 73.0 Å². The predicted octanol–water partition coefficient (Wildman–Crippen LogP) is 2.37. The van der Waals surface area contributed by atoms with Gasteiger partial charge in [0, 0.05) is 58.7 Å². The molecule has 0 bridgehead atoms. The van der Waals surface area contributed by atoms with Crippen molar-refractivity contribution in [3.8, 4) is 0 Å². The first-order valence-corrected chi connectivity index (χ1v) is 11.1. The lowest BCUT2D eigenvalue weighted by Crippen LogP contribution is -2.48. The molecule has 0 radical (unpaired) electrons. The molecule has 2 aliphatic heterocycles. The first kappa shape index (κ1) is 22.8. The van der Waals surface area contributed by atoms with E-state index in [-0.39, 0.29) is 29.7 Å². The van der Waals surface area contributed by atoms with Gasteiger partial charge in [-0.3, -0.25) is 14.6 Å². The summed E-state index contributed by atoms with van der Waals surface area (Å²) < 4.78 is 19.2. The molecule has 1 amide bonds. The predicted molar refractivity (Wildman–Crippen MR) is 114 cm³/mol. The Labute approximate surface area is 178 Å². The van der Waals surface area contributed by atoms with Crippen molar-refractivity contribution in [2.75, 3.05) is 39.3 Å². The second-order valence-electron chi connectivity index (χ2n) is 8.52. The molecule has 7 heteroatoms. The number of piperazine rings is 1. The molecule has 2 unspecified atom stereocenters. The van der Waals surface area contributed by atoms with Crippen molar-refractivity contribution in [1.82, 2.24) is 15.1 Å². The zero-order chi connectivity index (χ0) is 21.3. The maximum Gasteiger partial charge on any atom is 0.220 e. The molecular weight excluding hydrogens is 385 g/mol. The number of hydrogen-bond acceptors (Lipinski definition) is 5. The number of amides is 1. The number of rotatable bonds is 10. The van der Waals surface area contributed by atoms with E-state index in [1.165, 1.54) is 12.1 Å². The third kappa shape index (κ3) is 7.78. The van der Waals surface area contributed by atoms with Gasteiger partial charge in [-0.05, 0) is 43.9 Å². The first-order chi connectivity index (χ1) is 14.5. The summed E-state index contributed by atoms with van der Waals surface area (Å²) in [6.07, 6.45) is 3.80. The van der Waals surface area contributed by atoms with Gasteiger partial charge in [0.25, 0.3) is 0 Å². The van der Waals surface area contributed by atoms with Crippen LogP contribution in [0.4, 0.5) is 4.39 Å². The van der Waals surface area contributed by atoms with Crippen molar-refractivity contribution >= 4 is 11.7 Å². The largest absolute Gasteiger partial charge is 0.372 e. The Morgan fingerprint density at radius 3 is 2.40 bits per heavy atom. The molecule has 0 spiro atoms. The van der Waals surface area contributed by atoms with Crippen LogP contribution in [0.25, 0.3) is 0 Å². The van der Waals surface area contributed by atoms with Crippen LogP contribution in [0, 0.1) is 5.82 Å². The van der Waals surface area contributed by atoms with Crippen LogP contribution in [0.1, 0.15) is 44.6 Å². The van der Waals surface area contributed by atoms with E-state index >= 15 is 0 Å². The lowest BCUT2D eigenvalue weighted by molar-refractivity contribution is -0.122. The van der Waals surface area contributed by atoms with Crippen molar-refractivity contribution in [2.24, 2.45) is 0 Å². The van der Waals surface area contributed by atoms with Gasteiger partial charge < -0.3 is 14.8 Å². The summed E-state index contributed by atoms with van der Waals surface area (Å²) in [5, 5.41) is 2.94. The minimum Gasteiger partial charge on any atom is -0.372 e. The molecule has 1 aromatic rings. The number of halogens is 1. The SMILES string of the molecule is CC(=O)CCCC(=O)NCC1CCC(CN2CCN(Cc3ccc(F)cc3)CC2)O1. The first-order valence-electron chi connectivity index (χ1n) is 11.1. The Balaban J connectivity index is 1.28. The molecule has 0 aliphatic carbocycles. The number of nitrogens with one attached hydrogen (secondary N) is 1. The maximum atomic E-state index is 13.0. The van der Waals surface area contributed by atoms with Crippen molar-refractivity contribution in [3.63, 3.8) is 0 Å². The summed E-state index contributed by atoms with van der Waals surface area (Å²) in [5.41, 5.74) is 1.15. The van der Waals surface area contributed by atoms with E-state index in [1.54, 1.807) is 6.92 Å². The highest BCUT2D eigenvalue weighted by molar-refractivity contribution is 5.78. The fraction of sp³-hybridized carbons (Fsp3) is 0.652. The molecule has 2 fully saturated rings. The molecule has 2 saturated heterocycles. The van der Waals surface area contributed by atoms with Crippen LogP contribution < -0.4 is 5.32 Å². The Hall–Kier alpha value is -1.83. The van der Waals surface area contributed by atoms with Gasteiger partial charge in [0.1, 0.15) is 11.6 Å². The topological polar surface area (TPSA) is 61.9 Å². The molecule has 1 N–H and O–H groups in total. The third-order valence-electron chi connectivity index (χ3n) is 5.90. The maximum absolute atomic E-state index is 13.0. The van der Waals surface area contributed by atoms with Gasteiger partial charge in [0.2, 0.25) is 5.91 Å². The Morgan fingerprint density at radius 1 is 1.03 bits per heavy atom. The standard InChI is InChI=1S/C23H34FN3O3/c1-18(28)3-2-4-23(29)25-15-21-9-10-22(30-21)17-27-13-11-26(12-14-27)16-19-5-7-20(24)8-6-19/h5-8,21-22H,2-4,9-17H2,1H3,(H,25,29). The van der Waals surface area contributed by atoms with Gasteiger partial charge >= 0.3 is 0 Å². The van der Waals surface area contributed by atoms with Crippen molar-refractivity contribution in [3.05, 3.63) is 35.6 Å². The highest BCUT2D eigenvalue weighted by Crippen LogP contribution is 2.21. The van der Waals surface area contributed by atoms with E-state index in [4.69, 9.17) is 4.74 Å². The van der Waals surface area contributed by atoms with Crippen LogP contribution in [-0.2, 0) is 20.9 Å². The summed E-state index contributed by atoms with van der Waals surface area (Å²) in [6.45, 7) is 7.94. The van der Waals surface area contributed by atoms with Crippen LogP contribution in [0.2, 0.25) is 0 Å². The van der Waals surface area contributed by atoms with Gasteiger partial charge in [-0.1, -0.05) is 12.1 Å². The Bertz CT molecular complexity index is 689. The minimum absolute atomic E-state index is 0.000534. The van der Waals surface area contributed by atoms with Crippen molar-refractivity contribution in [2.45, 2.75) is 57.8 Å². The van der Waals surface area contributed by atoms with Crippen LogP contribution in [0.5, 0.6) is 0 Å². The van der Waals surface area contributed by atoms with E-state index in [9.17, 15) is 14.0 Å². The second kappa shape index (κ2) is 11.5. The van der Waals surface area contributed by atoms with Gasteiger partial charge in [0.05, 0.1) is 12.2 Å². The van der Waals surface area contributed by atoms with Gasteiger partial charge in [-0.2, -0.15) is 0 Å². The van der Waals surface area contributed by atoms with E-state index < -0.39 is 0 Å². The Morgan fingerprint density at radius 2 is 1.70 bits per heavy atom. The summed E-state index contributed by atoms with van der Waals surface area (Å²) in [6, 6.07) is 6.76. The minimum atomic E-state index is -0.189. The number of benzene rings is 1.